The van der Waals surface area contributed by atoms with Crippen LogP contribution < -0.4 is 4.90 Å². The molecule has 1 aromatic rings. The molecule has 0 bridgehead atoms. The van der Waals surface area contributed by atoms with Crippen LogP contribution in [-0.4, -0.2) is 35.8 Å². The summed E-state index contributed by atoms with van der Waals surface area (Å²) in [4.78, 5) is 28.4. The van der Waals surface area contributed by atoms with Gasteiger partial charge in [0.05, 0.1) is 0 Å². The second-order valence-electron chi connectivity index (χ2n) is 6.28. The minimum atomic E-state index is -0.432. The molecule has 1 fully saturated rings. The Kier molecular flexibility index (Phi) is 5.12. The van der Waals surface area contributed by atoms with Crippen molar-refractivity contribution in [3.05, 3.63) is 28.8 Å². The van der Waals surface area contributed by atoms with Crippen LogP contribution in [0.15, 0.2) is 18.2 Å². The minimum Gasteiger partial charge on any atom is -0.329 e. The molecule has 22 heavy (non-hydrogen) atoms. The molecule has 0 radical (unpaired) electrons. The fourth-order valence-electron chi connectivity index (χ4n) is 2.79. The Bertz CT molecular complexity index is 586. The largest absolute Gasteiger partial charge is 0.329 e. The molecule has 0 spiro atoms. The van der Waals surface area contributed by atoms with E-state index in [4.69, 9.17) is 11.6 Å². The van der Waals surface area contributed by atoms with Crippen molar-refractivity contribution >= 4 is 29.1 Å². The van der Waals surface area contributed by atoms with Gasteiger partial charge in [0.15, 0.2) is 0 Å². The molecule has 0 saturated carbocycles. The number of anilines is 1. The van der Waals surface area contributed by atoms with Gasteiger partial charge in [-0.3, -0.25) is 9.59 Å². The Labute approximate surface area is 137 Å². The zero-order valence-electron chi connectivity index (χ0n) is 13.6. The fraction of sp³-hybridized carbons (Fsp3) is 0.529. The molecule has 1 aliphatic heterocycles. The smallest absolute Gasteiger partial charge is 0.249 e. The topological polar surface area (TPSA) is 40.6 Å². The number of carbonyl (C=O) groups is 2. The predicted molar refractivity (Wildman–Crippen MR) is 89.2 cm³/mol. The van der Waals surface area contributed by atoms with E-state index >= 15 is 0 Å². The summed E-state index contributed by atoms with van der Waals surface area (Å²) in [6.07, 6.45) is 0.480. The number of hydrogen-bond donors (Lipinski definition) is 0. The van der Waals surface area contributed by atoms with Gasteiger partial charge in [-0.05, 0) is 37.5 Å². The Morgan fingerprint density at radius 3 is 2.68 bits per heavy atom. The molecule has 1 saturated heterocycles. The molecule has 1 aromatic carbocycles. The van der Waals surface area contributed by atoms with Gasteiger partial charge in [0.25, 0.3) is 0 Å². The number of carbonyl (C=O) groups excluding carboxylic acids is 2. The number of rotatable bonds is 3. The lowest BCUT2D eigenvalue weighted by atomic mass is 10.1. The minimum absolute atomic E-state index is 0.0475. The van der Waals surface area contributed by atoms with Crippen molar-refractivity contribution in [3.63, 3.8) is 0 Å². The summed E-state index contributed by atoms with van der Waals surface area (Å²) >= 11 is 6.05. The highest BCUT2D eigenvalue weighted by molar-refractivity contribution is 6.31. The van der Waals surface area contributed by atoms with Gasteiger partial charge >= 0.3 is 0 Å². The second kappa shape index (κ2) is 6.69. The van der Waals surface area contributed by atoms with Crippen molar-refractivity contribution in [1.82, 2.24) is 4.90 Å². The zero-order valence-corrected chi connectivity index (χ0v) is 14.4. The van der Waals surface area contributed by atoms with Gasteiger partial charge in [-0.15, -0.1) is 0 Å². The van der Waals surface area contributed by atoms with Crippen molar-refractivity contribution in [2.75, 3.05) is 18.0 Å². The first-order valence-electron chi connectivity index (χ1n) is 7.68. The van der Waals surface area contributed by atoms with Crippen LogP contribution in [-0.2, 0) is 9.59 Å². The molecule has 1 heterocycles. The highest BCUT2D eigenvalue weighted by Gasteiger charge is 2.35. The average Bonchev–Trinajstić information content (AvgIpc) is 2.44. The number of hydrogen-bond acceptors (Lipinski definition) is 2. The standard InChI is InChI=1S/C17H23ClN2O2/c1-11(2)9-16(21)19-7-8-20(17(22)13(19)4)15-10-14(18)6-5-12(15)3/h5-6,10-11,13H,7-9H2,1-4H3/t13-/m0/s1. The van der Waals surface area contributed by atoms with Gasteiger partial charge in [0.2, 0.25) is 11.8 Å². The molecule has 5 heteroatoms. The number of benzene rings is 1. The van der Waals surface area contributed by atoms with Crippen LogP contribution in [0.4, 0.5) is 5.69 Å². The molecule has 1 atom stereocenters. The summed E-state index contributed by atoms with van der Waals surface area (Å²) in [5, 5.41) is 0.611. The van der Waals surface area contributed by atoms with Crippen molar-refractivity contribution < 1.29 is 9.59 Å². The van der Waals surface area contributed by atoms with Crippen molar-refractivity contribution in [1.29, 1.82) is 0 Å². The van der Waals surface area contributed by atoms with Gasteiger partial charge in [-0.1, -0.05) is 31.5 Å². The lowest BCUT2D eigenvalue weighted by molar-refractivity contribution is -0.141. The number of nitrogens with zero attached hydrogens (tertiary/aromatic N) is 2. The van der Waals surface area contributed by atoms with Crippen molar-refractivity contribution in [2.24, 2.45) is 5.92 Å². The first kappa shape index (κ1) is 16.8. The molecule has 120 valence electrons. The van der Waals surface area contributed by atoms with Crippen LogP contribution in [0.1, 0.15) is 32.8 Å². The summed E-state index contributed by atoms with van der Waals surface area (Å²) in [5.41, 5.74) is 1.84. The third kappa shape index (κ3) is 3.43. The molecular weight excluding hydrogens is 300 g/mol. The van der Waals surface area contributed by atoms with Crippen LogP contribution >= 0.6 is 11.6 Å². The van der Waals surface area contributed by atoms with Crippen LogP contribution in [0.3, 0.4) is 0 Å². The SMILES string of the molecule is Cc1ccc(Cl)cc1N1CCN(C(=O)CC(C)C)[C@@H](C)C1=O. The average molecular weight is 323 g/mol. The number of piperazine rings is 1. The van der Waals surface area contributed by atoms with Crippen molar-refractivity contribution in [3.8, 4) is 0 Å². The predicted octanol–water partition coefficient (Wildman–Crippen LogP) is 3.26. The normalized spacial score (nSPS) is 19.0. The van der Waals surface area contributed by atoms with E-state index in [9.17, 15) is 9.59 Å². The van der Waals surface area contributed by atoms with E-state index in [-0.39, 0.29) is 11.8 Å². The van der Waals surface area contributed by atoms with Gasteiger partial charge < -0.3 is 9.80 Å². The molecule has 1 aliphatic rings. The van der Waals surface area contributed by atoms with E-state index in [2.05, 4.69) is 0 Å². The first-order chi connectivity index (χ1) is 10.3. The van der Waals surface area contributed by atoms with Gasteiger partial charge in [0, 0.05) is 30.2 Å². The lowest BCUT2D eigenvalue weighted by Crippen LogP contribution is -2.58. The molecule has 0 aromatic heterocycles. The van der Waals surface area contributed by atoms with Crippen molar-refractivity contribution in [2.45, 2.75) is 40.2 Å². The van der Waals surface area contributed by atoms with Gasteiger partial charge in [0.1, 0.15) is 6.04 Å². The Morgan fingerprint density at radius 1 is 1.36 bits per heavy atom. The van der Waals surface area contributed by atoms with E-state index in [0.717, 1.165) is 11.3 Å². The van der Waals surface area contributed by atoms with E-state index in [1.807, 2.05) is 39.0 Å². The Morgan fingerprint density at radius 2 is 2.05 bits per heavy atom. The number of amides is 2. The molecule has 0 N–H and O–H groups in total. The monoisotopic (exact) mass is 322 g/mol. The Balaban J connectivity index is 2.19. The van der Waals surface area contributed by atoms with E-state index in [0.29, 0.717) is 30.5 Å². The number of halogens is 1. The second-order valence-corrected chi connectivity index (χ2v) is 6.72. The highest BCUT2D eigenvalue weighted by Crippen LogP contribution is 2.27. The van der Waals surface area contributed by atoms with Gasteiger partial charge in [-0.25, -0.2) is 0 Å². The fourth-order valence-corrected chi connectivity index (χ4v) is 2.96. The summed E-state index contributed by atoms with van der Waals surface area (Å²) in [5.74, 6) is 0.301. The Hall–Kier alpha value is -1.55. The lowest BCUT2D eigenvalue weighted by Gasteiger charge is -2.40. The summed E-state index contributed by atoms with van der Waals surface area (Å²) in [7, 11) is 0. The van der Waals surface area contributed by atoms with Crippen LogP contribution in [0.25, 0.3) is 0 Å². The van der Waals surface area contributed by atoms with E-state index in [1.54, 1.807) is 16.7 Å². The molecule has 2 amide bonds. The zero-order chi connectivity index (χ0) is 16.4. The third-order valence-electron chi connectivity index (χ3n) is 4.02. The summed E-state index contributed by atoms with van der Waals surface area (Å²) in [6, 6.07) is 5.11. The van der Waals surface area contributed by atoms with E-state index in [1.165, 1.54) is 0 Å². The maximum atomic E-state index is 12.7. The number of aryl methyl sites for hydroxylation is 1. The van der Waals surface area contributed by atoms with Crippen LogP contribution in [0, 0.1) is 12.8 Å². The molecule has 0 unspecified atom stereocenters. The summed E-state index contributed by atoms with van der Waals surface area (Å²) in [6.45, 7) is 8.84. The van der Waals surface area contributed by atoms with E-state index < -0.39 is 6.04 Å². The first-order valence-corrected chi connectivity index (χ1v) is 8.06. The molecule has 4 nitrogen and oxygen atoms in total. The maximum Gasteiger partial charge on any atom is 0.249 e. The maximum absolute atomic E-state index is 12.7. The molecular formula is C17H23ClN2O2. The van der Waals surface area contributed by atoms with Crippen LogP contribution in [0.2, 0.25) is 5.02 Å². The van der Waals surface area contributed by atoms with Crippen LogP contribution in [0.5, 0.6) is 0 Å². The third-order valence-corrected chi connectivity index (χ3v) is 4.26. The highest BCUT2D eigenvalue weighted by atomic mass is 35.5. The van der Waals surface area contributed by atoms with Gasteiger partial charge in [-0.2, -0.15) is 0 Å². The summed E-state index contributed by atoms with van der Waals surface area (Å²) < 4.78 is 0. The quantitative estimate of drug-likeness (QED) is 0.857. The molecule has 2 rings (SSSR count). The molecule has 0 aliphatic carbocycles.